The molecule has 2 aromatic carbocycles. The van der Waals surface area contributed by atoms with Gasteiger partial charge in [-0.1, -0.05) is 54.6 Å². The number of nitrogens with one attached hydrogen (secondary N) is 2. The first kappa shape index (κ1) is 20.6. The molecule has 0 saturated heterocycles. The van der Waals surface area contributed by atoms with E-state index in [-0.39, 0.29) is 6.42 Å². The number of halogens is 2. The number of rotatable bonds is 6. The van der Waals surface area contributed by atoms with Gasteiger partial charge in [-0.3, -0.25) is 9.52 Å². The number of carboxylic acid groups (broad SMARTS) is 1. The summed E-state index contributed by atoms with van der Waals surface area (Å²) in [6.07, 6.45) is 6.16. The van der Waals surface area contributed by atoms with Crippen molar-refractivity contribution in [3.8, 4) is 11.3 Å². The van der Waals surface area contributed by atoms with E-state index in [1.807, 2.05) is 30.3 Å². The first-order valence-electron chi connectivity index (χ1n) is 9.75. The molecular weight excluding hydrogens is 427 g/mol. The third-order valence-corrected chi connectivity index (χ3v) is 7.04. The van der Waals surface area contributed by atoms with Gasteiger partial charge in [0.05, 0.1) is 17.1 Å². The topological polar surface area (TPSA) is 65.1 Å². The number of carbonyl (C=O) groups is 1. The lowest BCUT2D eigenvalue weighted by Gasteiger charge is -2.22. The molecule has 4 nitrogen and oxygen atoms in total. The highest BCUT2D eigenvalue weighted by Crippen LogP contribution is 2.36. The van der Waals surface area contributed by atoms with Gasteiger partial charge < -0.3 is 10.1 Å². The molecule has 152 valence electrons. The second-order valence-electron chi connectivity index (χ2n) is 7.44. The van der Waals surface area contributed by atoms with E-state index < -0.39 is 5.97 Å². The molecule has 0 aliphatic heterocycles. The number of benzene rings is 2. The van der Waals surface area contributed by atoms with Crippen LogP contribution in [0.5, 0.6) is 0 Å². The second-order valence-corrected chi connectivity index (χ2v) is 9.16. The average molecular weight is 449 g/mol. The summed E-state index contributed by atoms with van der Waals surface area (Å²) in [6.45, 7) is 0. The van der Waals surface area contributed by atoms with Gasteiger partial charge in [0.1, 0.15) is 0 Å². The van der Waals surface area contributed by atoms with Crippen LogP contribution in [-0.2, 0) is 11.2 Å². The molecule has 29 heavy (non-hydrogen) atoms. The van der Waals surface area contributed by atoms with Crippen molar-refractivity contribution in [3.63, 3.8) is 0 Å². The lowest BCUT2D eigenvalue weighted by atomic mass is 9.96. The largest absolute Gasteiger partial charge is 0.481 e. The summed E-state index contributed by atoms with van der Waals surface area (Å²) < 4.78 is 3.55. The number of hydrogen-bond acceptors (Lipinski definition) is 3. The molecule has 7 heteroatoms. The van der Waals surface area contributed by atoms with Crippen LogP contribution in [0.15, 0.2) is 41.3 Å². The lowest BCUT2D eigenvalue weighted by Crippen LogP contribution is -2.25. The van der Waals surface area contributed by atoms with E-state index in [0.717, 1.165) is 32.6 Å². The van der Waals surface area contributed by atoms with Crippen LogP contribution in [0.25, 0.3) is 22.2 Å². The van der Waals surface area contributed by atoms with E-state index >= 15 is 0 Å². The summed E-state index contributed by atoms with van der Waals surface area (Å²) in [7, 11) is 0. The number of aliphatic carboxylic acids is 1. The van der Waals surface area contributed by atoms with Gasteiger partial charge in [0.25, 0.3) is 0 Å². The molecule has 3 aromatic rings. The Bertz CT molecular complexity index is 1040. The van der Waals surface area contributed by atoms with Crippen molar-refractivity contribution >= 4 is 52.0 Å². The van der Waals surface area contributed by atoms with Crippen LogP contribution in [0.4, 0.5) is 0 Å². The predicted octanol–water partition coefficient (Wildman–Crippen LogP) is 6.70. The fourth-order valence-corrected chi connectivity index (χ4v) is 5.20. The highest BCUT2D eigenvalue weighted by atomic mass is 35.5. The first-order chi connectivity index (χ1) is 14.0. The summed E-state index contributed by atoms with van der Waals surface area (Å²) in [4.78, 5) is 15.8. The molecule has 1 saturated carbocycles. The van der Waals surface area contributed by atoms with Crippen LogP contribution in [0, 0.1) is 0 Å². The summed E-state index contributed by atoms with van der Waals surface area (Å²) in [5, 5.41) is 11.6. The van der Waals surface area contributed by atoms with Crippen LogP contribution in [-0.4, -0.2) is 22.1 Å². The molecule has 0 amide bonds. The van der Waals surface area contributed by atoms with Crippen molar-refractivity contribution in [3.05, 3.63) is 52.0 Å². The number of fused-ring (bicyclic) bond motifs is 1. The van der Waals surface area contributed by atoms with Crippen molar-refractivity contribution in [2.75, 3.05) is 0 Å². The van der Waals surface area contributed by atoms with E-state index in [1.54, 1.807) is 18.0 Å². The number of H-pyrrole nitrogens is 1. The van der Waals surface area contributed by atoms with Gasteiger partial charge in [-0.2, -0.15) is 0 Å². The Kier molecular flexibility index (Phi) is 6.40. The number of hydrogen-bond donors (Lipinski definition) is 3. The minimum absolute atomic E-state index is 0.0671. The minimum atomic E-state index is -0.871. The Morgan fingerprint density at radius 1 is 1.14 bits per heavy atom. The summed E-state index contributed by atoms with van der Waals surface area (Å²) in [6, 6.07) is 11.8. The summed E-state index contributed by atoms with van der Waals surface area (Å²) in [5.41, 5.74) is 3.28. The molecule has 1 fully saturated rings. The zero-order chi connectivity index (χ0) is 20.4. The number of carboxylic acids is 1. The third kappa shape index (κ3) is 4.75. The molecule has 3 N–H and O–H groups in total. The van der Waals surface area contributed by atoms with Gasteiger partial charge >= 0.3 is 5.97 Å². The highest BCUT2D eigenvalue weighted by Gasteiger charge is 2.18. The van der Waals surface area contributed by atoms with Crippen LogP contribution in [0.3, 0.4) is 0 Å². The molecule has 0 spiro atoms. The van der Waals surface area contributed by atoms with Gasteiger partial charge in [-0.25, -0.2) is 0 Å². The van der Waals surface area contributed by atoms with Crippen molar-refractivity contribution < 1.29 is 9.90 Å². The average Bonchev–Trinajstić information content (AvgIpc) is 3.05. The molecule has 0 radical (unpaired) electrons. The maximum Gasteiger partial charge on any atom is 0.307 e. The smallest absolute Gasteiger partial charge is 0.307 e. The molecule has 4 rings (SSSR count). The molecule has 1 aliphatic rings. The van der Waals surface area contributed by atoms with E-state index in [1.165, 1.54) is 32.1 Å². The maximum atomic E-state index is 11.5. The molecule has 0 bridgehead atoms. The van der Waals surface area contributed by atoms with Gasteiger partial charge in [0.15, 0.2) is 0 Å². The molecule has 1 aromatic heterocycles. The number of aromatic nitrogens is 1. The van der Waals surface area contributed by atoms with Crippen molar-refractivity contribution in [2.45, 2.75) is 49.5 Å². The summed E-state index contributed by atoms with van der Waals surface area (Å²) in [5.74, 6) is -0.871. The Morgan fingerprint density at radius 3 is 2.69 bits per heavy atom. The van der Waals surface area contributed by atoms with Crippen molar-refractivity contribution in [1.29, 1.82) is 0 Å². The van der Waals surface area contributed by atoms with Crippen LogP contribution >= 0.6 is 35.1 Å². The molecule has 0 unspecified atom stereocenters. The van der Waals surface area contributed by atoms with E-state index in [2.05, 4.69) is 9.71 Å². The third-order valence-electron chi connectivity index (χ3n) is 5.36. The molecule has 1 aliphatic carbocycles. The Morgan fingerprint density at radius 2 is 1.93 bits per heavy atom. The Labute approximate surface area is 184 Å². The SMILES string of the molecule is O=C(O)Cc1c(-c2ccc(Cl)c(SNC3CCCCC3)c2)[nH]c2cc(Cl)ccc12. The Balaban J connectivity index is 1.68. The van der Waals surface area contributed by atoms with E-state index in [0.29, 0.717) is 16.1 Å². The van der Waals surface area contributed by atoms with E-state index in [4.69, 9.17) is 23.2 Å². The van der Waals surface area contributed by atoms with Crippen LogP contribution < -0.4 is 4.72 Å². The fraction of sp³-hybridized carbons (Fsp3) is 0.318. The minimum Gasteiger partial charge on any atom is -0.481 e. The van der Waals surface area contributed by atoms with Crippen molar-refractivity contribution in [1.82, 2.24) is 9.71 Å². The van der Waals surface area contributed by atoms with Gasteiger partial charge in [-0.05, 0) is 60.2 Å². The molecular formula is C22H22Cl2N2O2S. The van der Waals surface area contributed by atoms with Gasteiger partial charge in [0.2, 0.25) is 0 Å². The van der Waals surface area contributed by atoms with Gasteiger partial charge in [0, 0.05) is 26.9 Å². The standard InChI is InChI=1S/C22H22Cl2N2O2S/c23-14-7-8-16-17(12-21(27)28)22(25-19(16)11-14)13-6-9-18(24)20(10-13)29-26-15-4-2-1-3-5-15/h6-11,15,25-26H,1-5,12H2,(H,27,28). The monoisotopic (exact) mass is 448 g/mol. The van der Waals surface area contributed by atoms with Crippen LogP contribution in [0.2, 0.25) is 10.0 Å². The second kappa shape index (κ2) is 9.00. The van der Waals surface area contributed by atoms with Gasteiger partial charge in [-0.15, -0.1) is 0 Å². The highest BCUT2D eigenvalue weighted by molar-refractivity contribution is 7.97. The first-order valence-corrected chi connectivity index (χ1v) is 11.3. The number of aromatic amines is 1. The molecule has 1 heterocycles. The zero-order valence-electron chi connectivity index (χ0n) is 15.8. The quantitative estimate of drug-likeness (QED) is 0.367. The molecule has 0 atom stereocenters. The normalized spacial score (nSPS) is 15.1. The lowest BCUT2D eigenvalue weighted by molar-refractivity contribution is -0.136. The predicted molar refractivity (Wildman–Crippen MR) is 121 cm³/mol. The van der Waals surface area contributed by atoms with E-state index in [9.17, 15) is 9.90 Å². The fourth-order valence-electron chi connectivity index (χ4n) is 3.91. The Hall–Kier alpha value is -1.66. The summed E-state index contributed by atoms with van der Waals surface area (Å²) >= 11 is 14.1. The van der Waals surface area contributed by atoms with Crippen molar-refractivity contribution in [2.24, 2.45) is 0 Å². The zero-order valence-corrected chi connectivity index (χ0v) is 18.1. The maximum absolute atomic E-state index is 11.5. The van der Waals surface area contributed by atoms with Crippen LogP contribution in [0.1, 0.15) is 37.7 Å².